The summed E-state index contributed by atoms with van der Waals surface area (Å²) in [7, 11) is 0. The molecule has 3 heterocycles. The number of hydrogen-bond acceptors (Lipinski definition) is 5. The van der Waals surface area contributed by atoms with E-state index in [1.165, 1.54) is 6.92 Å². The highest BCUT2D eigenvalue weighted by molar-refractivity contribution is 5.92. The van der Waals surface area contributed by atoms with E-state index in [-0.39, 0.29) is 17.9 Å². The molecule has 2 aromatic rings. The summed E-state index contributed by atoms with van der Waals surface area (Å²) in [5, 5.41) is 9.23. The second-order valence-corrected chi connectivity index (χ2v) is 5.47. The van der Waals surface area contributed by atoms with E-state index in [2.05, 4.69) is 25.5 Å². The largest absolute Gasteiger partial charge is 0.351 e. The van der Waals surface area contributed by atoms with Crippen LogP contribution in [-0.4, -0.2) is 43.4 Å². The van der Waals surface area contributed by atoms with Gasteiger partial charge in [0.25, 0.3) is 5.91 Å². The minimum absolute atomic E-state index is 0.0842. The zero-order chi connectivity index (χ0) is 16.2. The third kappa shape index (κ3) is 3.36. The maximum Gasteiger partial charge on any atom is 0.272 e. The first-order valence-electron chi connectivity index (χ1n) is 7.51. The van der Waals surface area contributed by atoms with Crippen molar-refractivity contribution in [2.45, 2.75) is 32.4 Å². The van der Waals surface area contributed by atoms with E-state index in [0.717, 1.165) is 18.5 Å². The zero-order valence-corrected chi connectivity index (χ0v) is 12.8. The van der Waals surface area contributed by atoms with Gasteiger partial charge < -0.3 is 10.2 Å². The van der Waals surface area contributed by atoms with E-state index >= 15 is 0 Å². The number of nitrogens with one attached hydrogen (secondary N) is 2. The lowest BCUT2D eigenvalue weighted by Crippen LogP contribution is -2.31. The molecule has 1 aliphatic heterocycles. The van der Waals surface area contributed by atoms with E-state index in [0.29, 0.717) is 24.5 Å². The first-order chi connectivity index (χ1) is 11.1. The average molecular weight is 314 g/mol. The Morgan fingerprint density at radius 2 is 2.30 bits per heavy atom. The highest BCUT2D eigenvalue weighted by atomic mass is 16.2. The van der Waals surface area contributed by atoms with Crippen LogP contribution in [-0.2, 0) is 11.3 Å². The number of amides is 2. The molecule has 0 bridgehead atoms. The van der Waals surface area contributed by atoms with Gasteiger partial charge in [0, 0.05) is 19.7 Å². The van der Waals surface area contributed by atoms with Crippen LogP contribution in [0.5, 0.6) is 0 Å². The Hall–Kier alpha value is -2.77. The van der Waals surface area contributed by atoms with Crippen molar-refractivity contribution < 1.29 is 9.59 Å². The molecule has 2 amide bonds. The SMILES string of the molecule is CC(=O)NCc1cncc(C2CCCN2C(=O)c2ccn[nH]2)n1. The fraction of sp³-hybridized carbons (Fsp3) is 0.400. The summed E-state index contributed by atoms with van der Waals surface area (Å²) in [6.45, 7) is 2.47. The monoisotopic (exact) mass is 314 g/mol. The van der Waals surface area contributed by atoms with Crippen LogP contribution in [0.1, 0.15) is 47.7 Å². The molecule has 2 N–H and O–H groups in total. The highest BCUT2D eigenvalue weighted by Gasteiger charge is 2.32. The quantitative estimate of drug-likeness (QED) is 0.869. The lowest BCUT2D eigenvalue weighted by atomic mass is 10.1. The van der Waals surface area contributed by atoms with E-state index in [4.69, 9.17) is 0 Å². The van der Waals surface area contributed by atoms with Crippen LogP contribution >= 0.6 is 0 Å². The summed E-state index contributed by atoms with van der Waals surface area (Å²) in [4.78, 5) is 34.1. The summed E-state index contributed by atoms with van der Waals surface area (Å²) in [5.41, 5.74) is 1.90. The number of likely N-dealkylation sites (tertiary alicyclic amines) is 1. The summed E-state index contributed by atoms with van der Waals surface area (Å²) >= 11 is 0. The molecule has 1 saturated heterocycles. The van der Waals surface area contributed by atoms with Gasteiger partial charge in [0.05, 0.1) is 36.4 Å². The van der Waals surface area contributed by atoms with Crippen LogP contribution in [0.15, 0.2) is 24.7 Å². The van der Waals surface area contributed by atoms with E-state index in [1.807, 2.05) is 0 Å². The number of H-pyrrole nitrogens is 1. The van der Waals surface area contributed by atoms with Gasteiger partial charge in [0.15, 0.2) is 0 Å². The molecule has 8 nitrogen and oxygen atoms in total. The Bertz CT molecular complexity index is 700. The predicted molar refractivity (Wildman–Crippen MR) is 81.2 cm³/mol. The summed E-state index contributed by atoms with van der Waals surface area (Å²) in [6.07, 6.45) is 6.63. The van der Waals surface area contributed by atoms with Gasteiger partial charge in [0.1, 0.15) is 5.69 Å². The van der Waals surface area contributed by atoms with Crippen LogP contribution in [0.3, 0.4) is 0 Å². The number of aromatic nitrogens is 4. The number of nitrogens with zero attached hydrogens (tertiary/aromatic N) is 4. The molecule has 2 aromatic heterocycles. The molecule has 0 aromatic carbocycles. The molecule has 1 aliphatic rings. The second kappa shape index (κ2) is 6.55. The summed E-state index contributed by atoms with van der Waals surface area (Å²) in [5.74, 6) is -0.201. The van der Waals surface area contributed by atoms with Gasteiger partial charge in [0.2, 0.25) is 5.91 Å². The van der Waals surface area contributed by atoms with Gasteiger partial charge in [-0.2, -0.15) is 5.10 Å². The normalized spacial score (nSPS) is 17.3. The number of hydrogen-bond donors (Lipinski definition) is 2. The maximum absolute atomic E-state index is 12.5. The minimum Gasteiger partial charge on any atom is -0.351 e. The molecule has 0 spiro atoms. The van der Waals surface area contributed by atoms with E-state index in [9.17, 15) is 9.59 Å². The van der Waals surface area contributed by atoms with Crippen LogP contribution in [0.4, 0.5) is 0 Å². The summed E-state index contributed by atoms with van der Waals surface area (Å²) < 4.78 is 0. The number of carbonyl (C=O) groups excluding carboxylic acids is 2. The van der Waals surface area contributed by atoms with Gasteiger partial charge in [-0.3, -0.25) is 24.7 Å². The zero-order valence-electron chi connectivity index (χ0n) is 12.8. The lowest BCUT2D eigenvalue weighted by Gasteiger charge is -2.23. The first-order valence-corrected chi connectivity index (χ1v) is 7.51. The second-order valence-electron chi connectivity index (χ2n) is 5.47. The Morgan fingerprint density at radius 1 is 1.43 bits per heavy atom. The van der Waals surface area contributed by atoms with Gasteiger partial charge in [-0.25, -0.2) is 0 Å². The first kappa shape index (κ1) is 15.1. The molecule has 0 aliphatic carbocycles. The summed E-state index contributed by atoms with van der Waals surface area (Å²) in [6, 6.07) is 1.56. The number of carbonyl (C=O) groups is 2. The van der Waals surface area contributed by atoms with E-state index in [1.54, 1.807) is 29.6 Å². The van der Waals surface area contributed by atoms with Crippen molar-refractivity contribution in [3.63, 3.8) is 0 Å². The van der Waals surface area contributed by atoms with Crippen LogP contribution < -0.4 is 5.32 Å². The lowest BCUT2D eigenvalue weighted by molar-refractivity contribution is -0.119. The molecule has 3 rings (SSSR count). The van der Waals surface area contributed by atoms with Crippen molar-refractivity contribution >= 4 is 11.8 Å². The van der Waals surface area contributed by atoms with Crippen molar-refractivity contribution in [2.75, 3.05) is 6.54 Å². The van der Waals surface area contributed by atoms with Gasteiger partial charge in [-0.15, -0.1) is 0 Å². The molecule has 0 saturated carbocycles. The molecule has 120 valence electrons. The molecule has 1 fully saturated rings. The van der Waals surface area contributed by atoms with E-state index < -0.39 is 0 Å². The highest BCUT2D eigenvalue weighted by Crippen LogP contribution is 2.31. The van der Waals surface area contributed by atoms with Crippen LogP contribution in [0, 0.1) is 0 Å². The fourth-order valence-electron chi connectivity index (χ4n) is 2.73. The smallest absolute Gasteiger partial charge is 0.272 e. The fourth-order valence-corrected chi connectivity index (χ4v) is 2.73. The topological polar surface area (TPSA) is 104 Å². The standard InChI is InChI=1S/C15H18N6O2/c1-10(22)17-8-11-7-16-9-13(19-11)14-3-2-6-21(14)15(23)12-4-5-18-20-12/h4-5,7,9,14H,2-3,6,8H2,1H3,(H,17,22)(H,18,20). The molecule has 1 atom stereocenters. The molecular weight excluding hydrogens is 296 g/mol. The Balaban J connectivity index is 1.78. The Morgan fingerprint density at radius 3 is 3.04 bits per heavy atom. The van der Waals surface area contributed by atoms with Gasteiger partial charge in [-0.05, 0) is 18.9 Å². The Labute approximate surface area is 133 Å². The molecular formula is C15H18N6O2. The maximum atomic E-state index is 12.5. The third-order valence-corrected chi connectivity index (χ3v) is 3.81. The third-order valence-electron chi connectivity index (χ3n) is 3.81. The van der Waals surface area contributed by atoms with Crippen molar-refractivity contribution in [1.29, 1.82) is 0 Å². The van der Waals surface area contributed by atoms with Gasteiger partial charge >= 0.3 is 0 Å². The average Bonchev–Trinajstić information content (AvgIpc) is 3.23. The number of rotatable bonds is 4. The van der Waals surface area contributed by atoms with Crippen molar-refractivity contribution in [1.82, 2.24) is 30.4 Å². The molecule has 0 radical (unpaired) electrons. The molecule has 23 heavy (non-hydrogen) atoms. The van der Waals surface area contributed by atoms with Crippen LogP contribution in [0.2, 0.25) is 0 Å². The minimum atomic E-state index is -0.117. The molecule has 1 unspecified atom stereocenters. The van der Waals surface area contributed by atoms with Crippen molar-refractivity contribution in [3.8, 4) is 0 Å². The number of aromatic amines is 1. The van der Waals surface area contributed by atoms with Crippen LogP contribution in [0.25, 0.3) is 0 Å². The van der Waals surface area contributed by atoms with Gasteiger partial charge in [-0.1, -0.05) is 0 Å². The molecule has 8 heteroatoms. The predicted octanol–water partition coefficient (Wildman–Crippen LogP) is 0.813. The Kier molecular flexibility index (Phi) is 4.31. The van der Waals surface area contributed by atoms with Crippen molar-refractivity contribution in [3.05, 3.63) is 41.7 Å². The van der Waals surface area contributed by atoms with Crippen molar-refractivity contribution in [2.24, 2.45) is 0 Å².